The molecule has 0 spiro atoms. The molecule has 0 saturated heterocycles. The molecule has 0 bridgehead atoms. The predicted molar refractivity (Wildman–Crippen MR) is 102 cm³/mol. The summed E-state index contributed by atoms with van der Waals surface area (Å²) in [6, 6.07) is 6.91. The molecule has 0 heteroatoms. The smallest absolute Gasteiger partial charge is 0.00316 e. The van der Waals surface area contributed by atoms with Crippen LogP contribution in [0.2, 0.25) is 0 Å². The number of hydrogen-bond acceptors (Lipinski definition) is 0. The predicted octanol–water partition coefficient (Wildman–Crippen LogP) is 7.14. The zero-order valence-corrected chi connectivity index (χ0v) is 15.0. The first-order chi connectivity index (χ1) is 11.0. The molecule has 0 aliphatic heterocycles. The van der Waals surface area contributed by atoms with Crippen molar-refractivity contribution in [3.05, 3.63) is 59.2 Å². The summed E-state index contributed by atoms with van der Waals surface area (Å²) in [5.74, 6) is 1.51. The van der Waals surface area contributed by atoms with Gasteiger partial charge in [-0.1, -0.05) is 64.0 Å². The van der Waals surface area contributed by atoms with E-state index in [4.69, 9.17) is 0 Å². The molecular weight excluding hydrogens is 276 g/mol. The standard InChI is InChI=1S/C23H30/c1-6-21-17(4)22-13-12-20(14-23(22)18(21)5)16(3)15(2)10-11-19-8-7-9-19/h12-14,17,19H,2-3,6-11H2,1,4-5H3. The second-order valence-corrected chi connectivity index (χ2v) is 7.45. The first kappa shape index (κ1) is 16.3. The second kappa shape index (κ2) is 6.51. The van der Waals surface area contributed by atoms with Crippen LogP contribution in [0.3, 0.4) is 0 Å². The highest BCUT2D eigenvalue weighted by Gasteiger charge is 2.25. The maximum atomic E-state index is 4.34. The van der Waals surface area contributed by atoms with Gasteiger partial charge in [-0.2, -0.15) is 0 Å². The highest BCUT2D eigenvalue weighted by Crippen LogP contribution is 2.44. The molecule has 0 nitrogen and oxygen atoms in total. The van der Waals surface area contributed by atoms with Crippen LogP contribution in [-0.2, 0) is 0 Å². The van der Waals surface area contributed by atoms with E-state index in [1.165, 1.54) is 53.5 Å². The van der Waals surface area contributed by atoms with Gasteiger partial charge >= 0.3 is 0 Å². The van der Waals surface area contributed by atoms with Crippen LogP contribution in [-0.4, -0.2) is 0 Å². The SMILES string of the molecule is C=C(CCC1CCC1)C(=C)c1ccc2c(c1)C(C)=C(CC)C2C. The van der Waals surface area contributed by atoms with Crippen LogP contribution < -0.4 is 0 Å². The highest BCUT2D eigenvalue weighted by molar-refractivity contribution is 5.83. The van der Waals surface area contributed by atoms with Crippen molar-refractivity contribution in [1.29, 1.82) is 0 Å². The largest absolute Gasteiger partial charge is 0.0952 e. The van der Waals surface area contributed by atoms with E-state index in [9.17, 15) is 0 Å². The number of benzene rings is 1. The summed E-state index contributed by atoms with van der Waals surface area (Å²) in [5, 5.41) is 0. The molecular formula is C23H30. The monoisotopic (exact) mass is 306 g/mol. The van der Waals surface area contributed by atoms with Gasteiger partial charge in [0.25, 0.3) is 0 Å². The lowest BCUT2D eigenvalue weighted by Gasteiger charge is -2.25. The lowest BCUT2D eigenvalue weighted by atomic mass is 9.80. The van der Waals surface area contributed by atoms with Gasteiger partial charge < -0.3 is 0 Å². The van der Waals surface area contributed by atoms with Crippen LogP contribution in [0.15, 0.2) is 42.5 Å². The van der Waals surface area contributed by atoms with E-state index in [2.05, 4.69) is 52.1 Å². The van der Waals surface area contributed by atoms with E-state index in [1.54, 1.807) is 5.57 Å². The Morgan fingerprint density at radius 3 is 2.57 bits per heavy atom. The third-order valence-electron chi connectivity index (χ3n) is 6.16. The highest BCUT2D eigenvalue weighted by atomic mass is 14.3. The van der Waals surface area contributed by atoms with Crippen molar-refractivity contribution in [1.82, 2.24) is 0 Å². The van der Waals surface area contributed by atoms with Crippen LogP contribution >= 0.6 is 0 Å². The fourth-order valence-corrected chi connectivity index (χ4v) is 4.22. The Kier molecular flexibility index (Phi) is 4.62. The van der Waals surface area contributed by atoms with E-state index >= 15 is 0 Å². The number of rotatable bonds is 6. The van der Waals surface area contributed by atoms with Crippen molar-refractivity contribution in [2.45, 2.75) is 65.2 Å². The van der Waals surface area contributed by atoms with E-state index < -0.39 is 0 Å². The van der Waals surface area contributed by atoms with Crippen molar-refractivity contribution in [2.24, 2.45) is 5.92 Å². The molecule has 2 aliphatic rings. The molecule has 23 heavy (non-hydrogen) atoms. The summed E-state index contributed by atoms with van der Waals surface area (Å²) in [6.07, 6.45) is 7.80. The fraction of sp³-hybridized carbons (Fsp3) is 0.478. The van der Waals surface area contributed by atoms with E-state index in [0.717, 1.165) is 24.3 Å². The quantitative estimate of drug-likeness (QED) is 0.490. The van der Waals surface area contributed by atoms with Crippen molar-refractivity contribution >= 4 is 11.1 Å². The zero-order chi connectivity index (χ0) is 16.6. The number of allylic oxidation sites excluding steroid dienone is 4. The molecule has 1 atom stereocenters. The van der Waals surface area contributed by atoms with Crippen molar-refractivity contribution < 1.29 is 0 Å². The van der Waals surface area contributed by atoms with Gasteiger partial charge in [-0.15, -0.1) is 0 Å². The zero-order valence-electron chi connectivity index (χ0n) is 15.0. The summed E-state index contributed by atoms with van der Waals surface area (Å²) in [4.78, 5) is 0. The lowest BCUT2D eigenvalue weighted by molar-refractivity contribution is 0.297. The summed E-state index contributed by atoms with van der Waals surface area (Å²) < 4.78 is 0. The van der Waals surface area contributed by atoms with E-state index in [0.29, 0.717) is 5.92 Å². The molecule has 122 valence electrons. The lowest BCUT2D eigenvalue weighted by Crippen LogP contribution is -2.10. The van der Waals surface area contributed by atoms with Gasteiger partial charge in [-0.25, -0.2) is 0 Å². The van der Waals surface area contributed by atoms with E-state index in [1.807, 2.05) is 0 Å². The first-order valence-corrected chi connectivity index (χ1v) is 9.24. The van der Waals surface area contributed by atoms with Crippen LogP contribution in [0, 0.1) is 5.92 Å². The minimum absolute atomic E-state index is 0.569. The van der Waals surface area contributed by atoms with Crippen molar-refractivity contribution in [3.8, 4) is 0 Å². The Balaban J connectivity index is 1.76. The van der Waals surface area contributed by atoms with E-state index in [-0.39, 0.29) is 0 Å². The molecule has 0 amide bonds. The van der Waals surface area contributed by atoms with Gasteiger partial charge in [-0.3, -0.25) is 0 Å². The molecule has 3 rings (SSSR count). The van der Waals surface area contributed by atoms with Gasteiger partial charge in [0.1, 0.15) is 0 Å². The summed E-state index contributed by atoms with van der Waals surface area (Å²) in [6.45, 7) is 15.5. The van der Waals surface area contributed by atoms with Crippen molar-refractivity contribution in [2.75, 3.05) is 0 Å². The second-order valence-electron chi connectivity index (χ2n) is 7.45. The van der Waals surface area contributed by atoms with Gasteiger partial charge in [0.2, 0.25) is 0 Å². The van der Waals surface area contributed by atoms with Crippen LogP contribution in [0.4, 0.5) is 0 Å². The average molecular weight is 306 g/mol. The van der Waals surface area contributed by atoms with Gasteiger partial charge in [0.15, 0.2) is 0 Å². The topological polar surface area (TPSA) is 0 Å². The molecule has 0 heterocycles. The third kappa shape index (κ3) is 2.96. The molecule has 0 aromatic heterocycles. The maximum Gasteiger partial charge on any atom is 0.00316 e. The normalized spacial score (nSPS) is 20.4. The summed E-state index contributed by atoms with van der Waals surface area (Å²) >= 11 is 0. The maximum absolute atomic E-state index is 4.34. The minimum atomic E-state index is 0.569. The number of hydrogen-bond donors (Lipinski definition) is 0. The molecule has 0 N–H and O–H groups in total. The Labute approximate surface area is 142 Å². The number of fused-ring (bicyclic) bond motifs is 1. The molecule has 1 aromatic rings. The van der Waals surface area contributed by atoms with Crippen molar-refractivity contribution in [3.63, 3.8) is 0 Å². The molecule has 2 aliphatic carbocycles. The Morgan fingerprint density at radius 1 is 1.22 bits per heavy atom. The molecule has 1 saturated carbocycles. The molecule has 1 aromatic carbocycles. The third-order valence-corrected chi connectivity index (χ3v) is 6.16. The van der Waals surface area contributed by atoms with Gasteiger partial charge in [0, 0.05) is 5.92 Å². The fourth-order valence-electron chi connectivity index (χ4n) is 4.22. The van der Waals surface area contributed by atoms with Gasteiger partial charge in [-0.05, 0) is 71.6 Å². The van der Waals surface area contributed by atoms with Crippen LogP contribution in [0.5, 0.6) is 0 Å². The molecule has 1 unspecified atom stereocenters. The summed E-state index contributed by atoms with van der Waals surface area (Å²) in [5.41, 5.74) is 9.59. The Morgan fingerprint density at radius 2 is 1.96 bits per heavy atom. The molecule has 1 fully saturated rings. The summed E-state index contributed by atoms with van der Waals surface area (Å²) in [7, 11) is 0. The minimum Gasteiger partial charge on any atom is -0.0952 e. The first-order valence-electron chi connectivity index (χ1n) is 9.24. The van der Waals surface area contributed by atoms with Crippen LogP contribution in [0.25, 0.3) is 11.1 Å². The van der Waals surface area contributed by atoms with Crippen LogP contribution in [0.1, 0.15) is 81.9 Å². The Hall–Kier alpha value is -1.56. The van der Waals surface area contributed by atoms with Gasteiger partial charge in [0.05, 0.1) is 0 Å². The average Bonchev–Trinajstić information content (AvgIpc) is 2.75. The molecule has 0 radical (unpaired) electrons. The Bertz CT molecular complexity index is 667.